The minimum atomic E-state index is -0.998. The molecular formula is C31H50O6. The predicted molar refractivity (Wildman–Crippen MR) is 141 cm³/mol. The van der Waals surface area contributed by atoms with Crippen LogP contribution in [0, 0.1) is 50.7 Å². The molecule has 0 aromatic carbocycles. The highest BCUT2D eigenvalue weighted by Crippen LogP contribution is 2.76. The molecule has 4 fully saturated rings. The zero-order valence-electron chi connectivity index (χ0n) is 23.8. The Bertz CT molecular complexity index is 969. The first-order valence-corrected chi connectivity index (χ1v) is 14.7. The number of ether oxygens (including phenoxy) is 1. The molecule has 0 unspecified atom stereocenters. The molecule has 210 valence electrons. The Balaban J connectivity index is 1.64. The lowest BCUT2D eigenvalue weighted by molar-refractivity contribution is -0.235. The maximum atomic E-state index is 13.4. The van der Waals surface area contributed by atoms with E-state index >= 15 is 0 Å². The van der Waals surface area contributed by atoms with Crippen LogP contribution in [0.2, 0.25) is 0 Å². The summed E-state index contributed by atoms with van der Waals surface area (Å²) in [5.41, 5.74) is -1.64. The van der Waals surface area contributed by atoms with Crippen molar-refractivity contribution >= 4 is 5.97 Å². The number of aliphatic hydroxyl groups excluding tert-OH is 3. The molecule has 37 heavy (non-hydrogen) atoms. The highest BCUT2D eigenvalue weighted by atomic mass is 16.5. The molecule has 4 N–H and O–H groups in total. The van der Waals surface area contributed by atoms with Gasteiger partial charge in [0.05, 0.1) is 37.4 Å². The number of aliphatic hydroxyl groups is 4. The van der Waals surface area contributed by atoms with Crippen molar-refractivity contribution in [2.45, 2.75) is 104 Å². The smallest absolute Gasteiger partial charge is 0.312 e. The Morgan fingerprint density at radius 3 is 2.27 bits per heavy atom. The third-order valence-corrected chi connectivity index (χ3v) is 13.8. The van der Waals surface area contributed by atoms with Crippen LogP contribution in [0.4, 0.5) is 0 Å². The van der Waals surface area contributed by atoms with E-state index in [0.29, 0.717) is 12.3 Å². The van der Waals surface area contributed by atoms with Crippen molar-refractivity contribution in [1.29, 1.82) is 0 Å². The second kappa shape index (κ2) is 8.52. The zero-order valence-corrected chi connectivity index (χ0v) is 23.8. The third kappa shape index (κ3) is 3.16. The normalized spacial score (nSPS) is 52.6. The van der Waals surface area contributed by atoms with Gasteiger partial charge in [-0.2, -0.15) is 0 Å². The van der Waals surface area contributed by atoms with E-state index in [9.17, 15) is 25.2 Å². The summed E-state index contributed by atoms with van der Waals surface area (Å²) in [6.07, 6.45) is 8.98. The molecule has 0 aliphatic heterocycles. The minimum Gasteiger partial charge on any atom is -0.469 e. The van der Waals surface area contributed by atoms with Crippen LogP contribution in [0.1, 0.15) is 92.4 Å². The first-order valence-electron chi connectivity index (χ1n) is 14.7. The Morgan fingerprint density at radius 1 is 0.973 bits per heavy atom. The van der Waals surface area contributed by atoms with Crippen LogP contribution in [0.15, 0.2) is 11.6 Å². The number of methoxy groups -OCH3 is 1. The largest absolute Gasteiger partial charge is 0.469 e. The first kappa shape index (κ1) is 27.6. The van der Waals surface area contributed by atoms with Gasteiger partial charge in [0, 0.05) is 11.3 Å². The lowest BCUT2D eigenvalue weighted by atomic mass is 9.33. The molecule has 6 heteroatoms. The molecule has 0 radical (unpaired) electrons. The summed E-state index contributed by atoms with van der Waals surface area (Å²) in [7, 11) is 1.48. The first-order chi connectivity index (χ1) is 17.2. The van der Waals surface area contributed by atoms with Crippen LogP contribution in [0.3, 0.4) is 0 Å². The summed E-state index contributed by atoms with van der Waals surface area (Å²) in [5, 5.41) is 44.0. The maximum absolute atomic E-state index is 13.4. The number of esters is 1. The SMILES string of the molecule is COC(=O)[C@]12CC[C@@H](C)[C@@](C)(O)[C@H]1C1=CC[C@@H]3[C@@]4(C)CC[C@H](O)C(CO)(CO)[C@@H]4CC[C@@]3(C)[C@]1(C)CC2. The van der Waals surface area contributed by atoms with E-state index in [1.54, 1.807) is 0 Å². The number of carbonyl (C=O) groups is 1. The molecule has 5 aliphatic rings. The van der Waals surface area contributed by atoms with Gasteiger partial charge in [-0.05, 0) is 98.7 Å². The molecule has 10 atom stereocenters. The van der Waals surface area contributed by atoms with Gasteiger partial charge in [0.1, 0.15) is 0 Å². The Kier molecular flexibility index (Phi) is 6.36. The number of hydrogen-bond acceptors (Lipinski definition) is 6. The molecule has 4 saturated carbocycles. The summed E-state index contributed by atoms with van der Waals surface area (Å²) < 4.78 is 5.42. The molecule has 5 aliphatic carbocycles. The van der Waals surface area contributed by atoms with Gasteiger partial charge < -0.3 is 25.2 Å². The summed E-state index contributed by atoms with van der Waals surface area (Å²) in [4.78, 5) is 13.4. The van der Waals surface area contributed by atoms with Crippen molar-refractivity contribution in [3.63, 3.8) is 0 Å². The number of hydrogen-bond donors (Lipinski definition) is 4. The molecule has 0 aromatic heterocycles. The Labute approximate surface area is 222 Å². The van der Waals surface area contributed by atoms with Gasteiger partial charge in [0.25, 0.3) is 0 Å². The quantitative estimate of drug-likeness (QED) is 0.329. The van der Waals surface area contributed by atoms with E-state index in [4.69, 9.17) is 4.74 Å². The van der Waals surface area contributed by atoms with Gasteiger partial charge in [-0.1, -0.05) is 39.3 Å². The summed E-state index contributed by atoms with van der Waals surface area (Å²) >= 11 is 0. The van der Waals surface area contributed by atoms with Crippen molar-refractivity contribution < 1.29 is 30.0 Å². The van der Waals surface area contributed by atoms with Crippen LogP contribution < -0.4 is 0 Å². The summed E-state index contributed by atoms with van der Waals surface area (Å²) in [6, 6.07) is 0. The van der Waals surface area contributed by atoms with Gasteiger partial charge >= 0.3 is 5.97 Å². The lowest BCUT2D eigenvalue weighted by Crippen LogP contribution is -2.68. The van der Waals surface area contributed by atoms with E-state index < -0.39 is 22.5 Å². The number of fused-ring (bicyclic) bond motifs is 7. The van der Waals surface area contributed by atoms with Crippen LogP contribution in [0.5, 0.6) is 0 Å². The molecule has 5 rings (SSSR count). The fourth-order valence-electron chi connectivity index (χ4n) is 11.2. The lowest BCUT2D eigenvalue weighted by Gasteiger charge is -2.72. The average Bonchev–Trinajstić information content (AvgIpc) is 2.87. The fraction of sp³-hybridized carbons (Fsp3) is 0.903. The minimum absolute atomic E-state index is 0.0472. The summed E-state index contributed by atoms with van der Waals surface area (Å²) in [5.74, 6) is 0.0276. The van der Waals surface area contributed by atoms with Crippen molar-refractivity contribution in [3.8, 4) is 0 Å². The Hall–Kier alpha value is -0.950. The number of rotatable bonds is 3. The van der Waals surface area contributed by atoms with E-state index in [1.807, 2.05) is 6.92 Å². The average molecular weight is 519 g/mol. The highest BCUT2D eigenvalue weighted by molar-refractivity contribution is 5.79. The van der Waals surface area contributed by atoms with E-state index in [2.05, 4.69) is 33.8 Å². The standard InChI is InChI=1S/C31H50O6/c1-19-9-14-30(25(35)37-6)16-15-27(3)20(24(30)29(19,5)36)7-8-21-26(2)12-11-23(34)31(17-32,18-33)22(26)10-13-28(21,27)4/h7,19,21-24,32-34,36H,8-18H2,1-6H3/t19-,21-,22-,23+,24-,26-,27-,28-,29-,30+/m1/s1. The van der Waals surface area contributed by atoms with E-state index in [-0.39, 0.29) is 53.2 Å². The molecule has 0 amide bonds. The van der Waals surface area contributed by atoms with Gasteiger partial charge in [-0.15, -0.1) is 0 Å². The second-order valence-corrected chi connectivity index (χ2v) is 14.6. The van der Waals surface area contributed by atoms with Crippen molar-refractivity contribution in [1.82, 2.24) is 0 Å². The molecule has 0 spiro atoms. The zero-order chi connectivity index (χ0) is 27.2. The molecule has 0 saturated heterocycles. The highest BCUT2D eigenvalue weighted by Gasteiger charge is 2.72. The molecule has 6 nitrogen and oxygen atoms in total. The maximum Gasteiger partial charge on any atom is 0.312 e. The molecule has 0 bridgehead atoms. The van der Waals surface area contributed by atoms with Crippen molar-refractivity contribution in [2.75, 3.05) is 20.3 Å². The third-order valence-electron chi connectivity index (χ3n) is 13.8. The van der Waals surface area contributed by atoms with E-state index in [0.717, 1.165) is 51.4 Å². The topological polar surface area (TPSA) is 107 Å². The van der Waals surface area contributed by atoms with Crippen LogP contribution >= 0.6 is 0 Å². The number of allylic oxidation sites excluding steroid dienone is 1. The van der Waals surface area contributed by atoms with Crippen LogP contribution in [0.25, 0.3) is 0 Å². The number of carbonyl (C=O) groups excluding carboxylic acids is 1. The summed E-state index contributed by atoms with van der Waals surface area (Å²) in [6.45, 7) is 10.8. The molecule has 0 aromatic rings. The van der Waals surface area contributed by atoms with Crippen LogP contribution in [-0.4, -0.2) is 58.4 Å². The second-order valence-electron chi connectivity index (χ2n) is 14.6. The van der Waals surface area contributed by atoms with Gasteiger partial charge in [-0.25, -0.2) is 0 Å². The van der Waals surface area contributed by atoms with Gasteiger partial charge in [0.15, 0.2) is 0 Å². The Morgan fingerprint density at radius 2 is 1.65 bits per heavy atom. The van der Waals surface area contributed by atoms with Gasteiger partial charge in [0.2, 0.25) is 0 Å². The van der Waals surface area contributed by atoms with Crippen molar-refractivity contribution in [3.05, 3.63) is 11.6 Å². The predicted octanol–water partition coefficient (Wildman–Crippen LogP) is 4.24. The fourth-order valence-corrected chi connectivity index (χ4v) is 11.2. The molecule has 0 heterocycles. The van der Waals surface area contributed by atoms with Crippen molar-refractivity contribution in [2.24, 2.45) is 50.7 Å². The monoisotopic (exact) mass is 518 g/mol. The molecular weight excluding hydrogens is 468 g/mol. The van der Waals surface area contributed by atoms with E-state index in [1.165, 1.54) is 12.7 Å². The van der Waals surface area contributed by atoms with Crippen LogP contribution in [-0.2, 0) is 9.53 Å². The van der Waals surface area contributed by atoms with Gasteiger partial charge in [-0.3, -0.25) is 4.79 Å².